The van der Waals surface area contributed by atoms with Crippen LogP contribution in [0.3, 0.4) is 0 Å². The van der Waals surface area contributed by atoms with E-state index in [0.29, 0.717) is 6.04 Å². The van der Waals surface area contributed by atoms with Crippen LogP contribution in [0.1, 0.15) is 51.9 Å². The molecular formula is C18H29NO. The lowest BCUT2D eigenvalue weighted by Crippen LogP contribution is -2.36. The first-order chi connectivity index (χ1) is 9.90. The molecule has 0 saturated heterocycles. The van der Waals surface area contributed by atoms with E-state index < -0.39 is 0 Å². The Morgan fingerprint density at radius 3 is 2.70 bits per heavy atom. The summed E-state index contributed by atoms with van der Waals surface area (Å²) in [7, 11) is 0. The Morgan fingerprint density at radius 2 is 1.90 bits per heavy atom. The van der Waals surface area contributed by atoms with Gasteiger partial charge in [0.2, 0.25) is 0 Å². The van der Waals surface area contributed by atoms with E-state index in [9.17, 15) is 0 Å². The van der Waals surface area contributed by atoms with Crippen LogP contribution in [0.5, 0.6) is 5.75 Å². The summed E-state index contributed by atoms with van der Waals surface area (Å²) in [4.78, 5) is 0. The van der Waals surface area contributed by atoms with Crippen molar-refractivity contribution < 1.29 is 4.74 Å². The van der Waals surface area contributed by atoms with Gasteiger partial charge in [0.1, 0.15) is 5.75 Å². The molecule has 0 aromatic heterocycles. The molecule has 20 heavy (non-hydrogen) atoms. The van der Waals surface area contributed by atoms with E-state index in [1.807, 2.05) is 30.3 Å². The van der Waals surface area contributed by atoms with Crippen molar-refractivity contribution in [3.05, 3.63) is 30.3 Å². The second-order valence-corrected chi connectivity index (χ2v) is 5.91. The minimum Gasteiger partial charge on any atom is -0.494 e. The maximum absolute atomic E-state index is 5.87. The van der Waals surface area contributed by atoms with Crippen LogP contribution in [0.25, 0.3) is 0 Å². The molecule has 2 unspecified atom stereocenters. The number of nitrogens with one attached hydrogen (secondary N) is 1. The molecule has 0 spiro atoms. The predicted molar refractivity (Wildman–Crippen MR) is 85.2 cm³/mol. The van der Waals surface area contributed by atoms with Gasteiger partial charge < -0.3 is 10.1 Å². The molecule has 0 aliphatic heterocycles. The van der Waals surface area contributed by atoms with Crippen molar-refractivity contribution in [2.24, 2.45) is 5.92 Å². The van der Waals surface area contributed by atoms with E-state index in [1.165, 1.54) is 44.9 Å². The highest BCUT2D eigenvalue weighted by Crippen LogP contribution is 2.26. The Kier molecular flexibility index (Phi) is 6.93. The predicted octanol–water partition coefficient (Wildman–Crippen LogP) is 4.40. The smallest absolute Gasteiger partial charge is 0.119 e. The number of hydrogen-bond donors (Lipinski definition) is 1. The summed E-state index contributed by atoms with van der Waals surface area (Å²) in [5.74, 6) is 1.78. The van der Waals surface area contributed by atoms with Gasteiger partial charge in [-0.2, -0.15) is 0 Å². The molecule has 0 amide bonds. The highest BCUT2D eigenvalue weighted by atomic mass is 16.5. The third-order valence-corrected chi connectivity index (χ3v) is 4.32. The first-order valence-corrected chi connectivity index (χ1v) is 8.31. The molecule has 1 aromatic rings. The SMILES string of the molecule is CCCNC1CCCCCC1CCOc1ccccc1. The van der Waals surface area contributed by atoms with E-state index in [0.717, 1.165) is 24.8 Å². The summed E-state index contributed by atoms with van der Waals surface area (Å²) in [6.45, 7) is 4.25. The average Bonchev–Trinajstić information content (AvgIpc) is 2.71. The lowest BCUT2D eigenvalue weighted by molar-refractivity contribution is 0.238. The molecule has 2 heteroatoms. The van der Waals surface area contributed by atoms with Gasteiger partial charge in [-0.05, 0) is 50.3 Å². The molecule has 2 atom stereocenters. The van der Waals surface area contributed by atoms with Crippen LogP contribution in [-0.4, -0.2) is 19.2 Å². The molecule has 1 fully saturated rings. The molecule has 112 valence electrons. The van der Waals surface area contributed by atoms with E-state index in [1.54, 1.807) is 0 Å². The van der Waals surface area contributed by atoms with Gasteiger partial charge in [-0.3, -0.25) is 0 Å². The van der Waals surface area contributed by atoms with Gasteiger partial charge in [0, 0.05) is 6.04 Å². The Balaban J connectivity index is 1.78. The largest absolute Gasteiger partial charge is 0.494 e. The minimum absolute atomic E-state index is 0.705. The number of benzene rings is 1. The molecule has 1 aliphatic rings. The molecule has 1 aliphatic carbocycles. The second-order valence-electron chi connectivity index (χ2n) is 5.91. The third kappa shape index (κ3) is 5.16. The van der Waals surface area contributed by atoms with Crippen molar-refractivity contribution in [3.63, 3.8) is 0 Å². The molecule has 1 aromatic carbocycles. The lowest BCUT2D eigenvalue weighted by Gasteiger charge is -2.26. The summed E-state index contributed by atoms with van der Waals surface area (Å²) in [6.07, 6.45) is 9.29. The van der Waals surface area contributed by atoms with Gasteiger partial charge in [0.05, 0.1) is 6.61 Å². The normalized spacial score (nSPS) is 23.2. The van der Waals surface area contributed by atoms with Crippen molar-refractivity contribution >= 4 is 0 Å². The molecule has 0 radical (unpaired) electrons. The molecular weight excluding hydrogens is 246 g/mol. The zero-order chi connectivity index (χ0) is 14.0. The van der Waals surface area contributed by atoms with Crippen molar-refractivity contribution in [1.29, 1.82) is 0 Å². The van der Waals surface area contributed by atoms with Crippen molar-refractivity contribution in [2.75, 3.05) is 13.2 Å². The summed E-state index contributed by atoms with van der Waals surface area (Å²) >= 11 is 0. The summed E-state index contributed by atoms with van der Waals surface area (Å²) in [5, 5.41) is 3.75. The third-order valence-electron chi connectivity index (χ3n) is 4.32. The fourth-order valence-corrected chi connectivity index (χ4v) is 3.17. The van der Waals surface area contributed by atoms with Gasteiger partial charge in [-0.1, -0.05) is 44.4 Å². The molecule has 2 rings (SSSR count). The molecule has 1 saturated carbocycles. The Labute approximate surface area is 123 Å². The number of hydrogen-bond acceptors (Lipinski definition) is 2. The maximum atomic E-state index is 5.87. The summed E-state index contributed by atoms with van der Waals surface area (Å²) in [5.41, 5.74) is 0. The number of para-hydroxylation sites is 1. The van der Waals surface area contributed by atoms with Gasteiger partial charge >= 0.3 is 0 Å². The van der Waals surface area contributed by atoms with Crippen LogP contribution < -0.4 is 10.1 Å². The van der Waals surface area contributed by atoms with Gasteiger partial charge in [-0.25, -0.2) is 0 Å². The van der Waals surface area contributed by atoms with Crippen LogP contribution in [0, 0.1) is 5.92 Å². The fraction of sp³-hybridized carbons (Fsp3) is 0.667. The Bertz CT molecular complexity index is 352. The van der Waals surface area contributed by atoms with Gasteiger partial charge in [-0.15, -0.1) is 0 Å². The quantitative estimate of drug-likeness (QED) is 0.745. The lowest BCUT2D eigenvalue weighted by atomic mass is 9.91. The minimum atomic E-state index is 0.705. The van der Waals surface area contributed by atoms with Crippen LogP contribution >= 0.6 is 0 Å². The average molecular weight is 275 g/mol. The topological polar surface area (TPSA) is 21.3 Å². The van der Waals surface area contributed by atoms with Crippen LogP contribution in [-0.2, 0) is 0 Å². The van der Waals surface area contributed by atoms with Crippen molar-refractivity contribution in [2.45, 2.75) is 57.9 Å². The molecule has 1 N–H and O–H groups in total. The molecule has 2 nitrogen and oxygen atoms in total. The molecule has 0 heterocycles. The van der Waals surface area contributed by atoms with E-state index >= 15 is 0 Å². The van der Waals surface area contributed by atoms with Gasteiger partial charge in [0.15, 0.2) is 0 Å². The second kappa shape index (κ2) is 9.02. The highest BCUT2D eigenvalue weighted by Gasteiger charge is 2.22. The Morgan fingerprint density at radius 1 is 1.10 bits per heavy atom. The number of ether oxygens (including phenoxy) is 1. The van der Waals surface area contributed by atoms with Crippen LogP contribution in [0.2, 0.25) is 0 Å². The first kappa shape index (κ1) is 15.4. The zero-order valence-corrected chi connectivity index (χ0v) is 12.8. The summed E-state index contributed by atoms with van der Waals surface area (Å²) in [6, 6.07) is 10.9. The number of rotatable bonds is 7. The van der Waals surface area contributed by atoms with E-state index in [-0.39, 0.29) is 0 Å². The van der Waals surface area contributed by atoms with E-state index in [4.69, 9.17) is 4.74 Å². The van der Waals surface area contributed by atoms with Crippen molar-refractivity contribution in [1.82, 2.24) is 5.32 Å². The highest BCUT2D eigenvalue weighted by molar-refractivity contribution is 5.20. The summed E-state index contributed by atoms with van der Waals surface area (Å²) < 4.78 is 5.87. The zero-order valence-electron chi connectivity index (χ0n) is 12.8. The first-order valence-electron chi connectivity index (χ1n) is 8.31. The standard InChI is InChI=1S/C18H29NO/c1-2-14-19-18-12-8-3-5-9-16(18)13-15-20-17-10-6-4-7-11-17/h4,6-7,10-11,16,18-19H,2-3,5,8-9,12-15H2,1H3. The maximum Gasteiger partial charge on any atom is 0.119 e. The van der Waals surface area contributed by atoms with Gasteiger partial charge in [0.25, 0.3) is 0 Å². The van der Waals surface area contributed by atoms with Crippen LogP contribution in [0.4, 0.5) is 0 Å². The molecule has 0 bridgehead atoms. The van der Waals surface area contributed by atoms with Crippen LogP contribution in [0.15, 0.2) is 30.3 Å². The fourth-order valence-electron chi connectivity index (χ4n) is 3.17. The monoisotopic (exact) mass is 275 g/mol. The van der Waals surface area contributed by atoms with E-state index in [2.05, 4.69) is 12.2 Å². The van der Waals surface area contributed by atoms with Crippen molar-refractivity contribution in [3.8, 4) is 5.75 Å². The Hall–Kier alpha value is -1.02.